The van der Waals surface area contributed by atoms with Gasteiger partial charge in [-0.15, -0.1) is 0 Å². The van der Waals surface area contributed by atoms with Gasteiger partial charge in [0, 0.05) is 0 Å². The molecule has 0 spiro atoms. The average Bonchev–Trinajstić information content (AvgIpc) is 2.51. The molecular formula is C11H19N3. The van der Waals surface area contributed by atoms with Gasteiger partial charge in [-0.25, -0.2) is 4.68 Å². The van der Waals surface area contributed by atoms with Crippen LogP contribution in [0.25, 0.3) is 0 Å². The summed E-state index contributed by atoms with van der Waals surface area (Å²) in [4.78, 5) is 0. The van der Waals surface area contributed by atoms with Crippen molar-refractivity contribution in [3.8, 4) is 0 Å². The van der Waals surface area contributed by atoms with E-state index in [1.54, 1.807) is 6.20 Å². The highest BCUT2D eigenvalue weighted by molar-refractivity contribution is 5.26. The normalized spacial score (nSPS) is 20.3. The molecule has 3 heteroatoms. The van der Waals surface area contributed by atoms with Gasteiger partial charge in [-0.2, -0.15) is 5.10 Å². The van der Waals surface area contributed by atoms with Crippen LogP contribution in [0.4, 0.5) is 5.82 Å². The lowest BCUT2D eigenvalue weighted by atomic mass is 9.97. The number of hydrogen-bond acceptors (Lipinski definition) is 2. The van der Waals surface area contributed by atoms with Gasteiger partial charge in [-0.1, -0.05) is 32.1 Å². The summed E-state index contributed by atoms with van der Waals surface area (Å²) < 4.78 is 2.01. The molecule has 3 nitrogen and oxygen atoms in total. The number of nitrogen functional groups attached to an aromatic ring is 1. The van der Waals surface area contributed by atoms with Crippen LogP contribution in [-0.2, 0) is 0 Å². The molecule has 0 bridgehead atoms. The van der Waals surface area contributed by atoms with Crippen molar-refractivity contribution in [1.29, 1.82) is 0 Å². The standard InChI is InChI=1S/C11H19N3/c12-11-8-9-13-14(11)10-6-4-2-1-3-5-7-10/h8-10H,1-7,12H2. The zero-order chi connectivity index (χ0) is 9.80. The van der Waals surface area contributed by atoms with E-state index in [-0.39, 0.29) is 0 Å². The summed E-state index contributed by atoms with van der Waals surface area (Å²) in [6.07, 6.45) is 11.1. The second-order valence-corrected chi connectivity index (χ2v) is 4.20. The molecule has 0 atom stereocenters. The van der Waals surface area contributed by atoms with Gasteiger partial charge in [-0.3, -0.25) is 0 Å². The third-order valence-corrected chi connectivity index (χ3v) is 3.12. The van der Waals surface area contributed by atoms with Gasteiger partial charge < -0.3 is 5.73 Å². The van der Waals surface area contributed by atoms with Crippen LogP contribution in [0.2, 0.25) is 0 Å². The topological polar surface area (TPSA) is 43.8 Å². The largest absolute Gasteiger partial charge is 0.384 e. The highest BCUT2D eigenvalue weighted by Gasteiger charge is 2.14. The molecule has 1 saturated carbocycles. The first-order valence-electron chi connectivity index (χ1n) is 5.67. The molecule has 14 heavy (non-hydrogen) atoms. The number of aromatic nitrogens is 2. The Balaban J connectivity index is 2.04. The smallest absolute Gasteiger partial charge is 0.121 e. The van der Waals surface area contributed by atoms with E-state index >= 15 is 0 Å². The van der Waals surface area contributed by atoms with E-state index in [1.165, 1.54) is 44.9 Å². The summed E-state index contributed by atoms with van der Waals surface area (Å²) in [5, 5.41) is 4.30. The molecule has 0 saturated heterocycles. The third-order valence-electron chi connectivity index (χ3n) is 3.12. The molecule has 0 aromatic carbocycles. The van der Waals surface area contributed by atoms with Gasteiger partial charge in [0.05, 0.1) is 12.2 Å². The fraction of sp³-hybridized carbons (Fsp3) is 0.727. The maximum Gasteiger partial charge on any atom is 0.121 e. The van der Waals surface area contributed by atoms with Crippen LogP contribution in [0.1, 0.15) is 51.0 Å². The number of hydrogen-bond donors (Lipinski definition) is 1. The second kappa shape index (κ2) is 4.49. The molecule has 1 aliphatic rings. The molecule has 0 unspecified atom stereocenters. The monoisotopic (exact) mass is 193 g/mol. The van der Waals surface area contributed by atoms with Crippen molar-refractivity contribution in [2.75, 3.05) is 5.73 Å². The fourth-order valence-electron chi connectivity index (χ4n) is 2.31. The Morgan fingerprint density at radius 3 is 2.36 bits per heavy atom. The summed E-state index contributed by atoms with van der Waals surface area (Å²) >= 11 is 0. The van der Waals surface area contributed by atoms with Gasteiger partial charge in [0.15, 0.2) is 0 Å². The number of rotatable bonds is 1. The minimum atomic E-state index is 0.547. The quantitative estimate of drug-likeness (QED) is 0.745. The maximum atomic E-state index is 5.86. The second-order valence-electron chi connectivity index (χ2n) is 4.20. The summed E-state index contributed by atoms with van der Waals surface area (Å²) in [6, 6.07) is 2.43. The molecule has 1 heterocycles. The molecule has 0 aliphatic heterocycles. The summed E-state index contributed by atoms with van der Waals surface area (Å²) in [7, 11) is 0. The van der Waals surface area contributed by atoms with Crippen molar-refractivity contribution in [3.63, 3.8) is 0 Å². The first kappa shape index (κ1) is 9.56. The molecule has 1 aromatic rings. The molecular weight excluding hydrogens is 174 g/mol. The molecule has 2 rings (SSSR count). The van der Waals surface area contributed by atoms with Crippen LogP contribution in [0, 0.1) is 0 Å². The molecule has 1 aliphatic carbocycles. The Morgan fingerprint density at radius 2 is 1.79 bits per heavy atom. The first-order valence-corrected chi connectivity index (χ1v) is 5.67. The first-order chi connectivity index (χ1) is 6.88. The van der Waals surface area contributed by atoms with E-state index in [9.17, 15) is 0 Å². The van der Waals surface area contributed by atoms with E-state index in [1.807, 2.05) is 10.7 Å². The van der Waals surface area contributed by atoms with E-state index in [0.717, 1.165) is 5.82 Å². The van der Waals surface area contributed by atoms with E-state index in [0.29, 0.717) is 6.04 Å². The molecule has 0 radical (unpaired) electrons. The van der Waals surface area contributed by atoms with E-state index < -0.39 is 0 Å². The minimum absolute atomic E-state index is 0.547. The highest BCUT2D eigenvalue weighted by atomic mass is 15.3. The lowest BCUT2D eigenvalue weighted by molar-refractivity contribution is 0.351. The Bertz CT molecular complexity index is 272. The van der Waals surface area contributed by atoms with Crippen LogP contribution in [0.15, 0.2) is 12.3 Å². The van der Waals surface area contributed by atoms with Crippen molar-refractivity contribution in [2.45, 2.75) is 51.0 Å². The lowest BCUT2D eigenvalue weighted by Crippen LogP contribution is -2.14. The molecule has 1 aromatic heterocycles. The maximum absolute atomic E-state index is 5.86. The van der Waals surface area contributed by atoms with Crippen LogP contribution < -0.4 is 5.73 Å². The Hall–Kier alpha value is -0.990. The predicted molar refractivity (Wildman–Crippen MR) is 58.0 cm³/mol. The van der Waals surface area contributed by atoms with Crippen molar-refractivity contribution < 1.29 is 0 Å². The SMILES string of the molecule is Nc1ccnn1C1CCCCCCC1. The lowest BCUT2D eigenvalue weighted by Gasteiger charge is -2.21. The zero-order valence-electron chi connectivity index (χ0n) is 8.65. The highest BCUT2D eigenvalue weighted by Crippen LogP contribution is 2.27. The molecule has 1 fully saturated rings. The van der Waals surface area contributed by atoms with Gasteiger partial charge >= 0.3 is 0 Å². The average molecular weight is 193 g/mol. The zero-order valence-corrected chi connectivity index (χ0v) is 8.65. The van der Waals surface area contributed by atoms with Crippen LogP contribution in [0.5, 0.6) is 0 Å². The van der Waals surface area contributed by atoms with Crippen LogP contribution in [0.3, 0.4) is 0 Å². The van der Waals surface area contributed by atoms with Crippen molar-refractivity contribution in [1.82, 2.24) is 9.78 Å². The summed E-state index contributed by atoms with van der Waals surface area (Å²) in [5.74, 6) is 0.815. The molecule has 2 N–H and O–H groups in total. The van der Waals surface area contributed by atoms with Gasteiger partial charge in [0.2, 0.25) is 0 Å². The molecule has 0 amide bonds. The Kier molecular flexibility index (Phi) is 3.07. The summed E-state index contributed by atoms with van der Waals surface area (Å²) in [6.45, 7) is 0. The van der Waals surface area contributed by atoms with E-state index in [4.69, 9.17) is 5.73 Å². The minimum Gasteiger partial charge on any atom is -0.384 e. The van der Waals surface area contributed by atoms with Gasteiger partial charge in [0.25, 0.3) is 0 Å². The van der Waals surface area contributed by atoms with Crippen molar-refractivity contribution >= 4 is 5.82 Å². The Labute approximate surface area is 85.3 Å². The Morgan fingerprint density at radius 1 is 1.14 bits per heavy atom. The third kappa shape index (κ3) is 2.08. The van der Waals surface area contributed by atoms with Gasteiger partial charge in [-0.05, 0) is 18.9 Å². The van der Waals surface area contributed by atoms with Crippen LogP contribution in [-0.4, -0.2) is 9.78 Å². The number of nitrogens with zero attached hydrogens (tertiary/aromatic N) is 2. The summed E-state index contributed by atoms with van der Waals surface area (Å²) in [5.41, 5.74) is 5.86. The molecule has 78 valence electrons. The number of nitrogens with two attached hydrogens (primary N) is 1. The number of anilines is 1. The van der Waals surface area contributed by atoms with E-state index in [2.05, 4.69) is 5.10 Å². The van der Waals surface area contributed by atoms with Gasteiger partial charge in [0.1, 0.15) is 5.82 Å². The predicted octanol–water partition coefficient (Wildman–Crippen LogP) is 2.75. The van der Waals surface area contributed by atoms with Crippen LogP contribution >= 0.6 is 0 Å². The van der Waals surface area contributed by atoms with Crippen molar-refractivity contribution in [3.05, 3.63) is 12.3 Å². The fourth-order valence-corrected chi connectivity index (χ4v) is 2.31. The van der Waals surface area contributed by atoms with Crippen molar-refractivity contribution in [2.24, 2.45) is 0 Å².